The van der Waals surface area contributed by atoms with E-state index < -0.39 is 0 Å². The molecule has 3 heterocycles. The van der Waals surface area contributed by atoms with Crippen molar-refractivity contribution in [2.45, 2.75) is 50.6 Å². The van der Waals surface area contributed by atoms with Crippen LogP contribution < -0.4 is 0 Å². The van der Waals surface area contributed by atoms with Gasteiger partial charge in [-0.25, -0.2) is 0 Å². The van der Waals surface area contributed by atoms with E-state index in [0.717, 1.165) is 45.1 Å². The van der Waals surface area contributed by atoms with Gasteiger partial charge in [0.2, 0.25) is 5.91 Å². The van der Waals surface area contributed by atoms with E-state index in [4.69, 9.17) is 0 Å². The van der Waals surface area contributed by atoms with Gasteiger partial charge in [0, 0.05) is 32.2 Å². The molecule has 1 atom stereocenters. The first kappa shape index (κ1) is 16.6. The standard InChI is InChI=1S/C17H31N3OS/c1-18-8-3-2-5-16(18)17(21)20-10-4-9-19(11-12-20)15-6-13-22-14-7-15/h15-16H,2-14H2,1H3. The number of piperidine rings is 1. The van der Waals surface area contributed by atoms with Gasteiger partial charge < -0.3 is 4.90 Å². The molecule has 0 aromatic rings. The third-order valence-electron chi connectivity index (χ3n) is 5.60. The maximum atomic E-state index is 12.9. The van der Waals surface area contributed by atoms with E-state index in [1.807, 2.05) is 0 Å². The molecule has 0 saturated carbocycles. The van der Waals surface area contributed by atoms with Crippen LogP contribution in [0.15, 0.2) is 0 Å². The van der Waals surface area contributed by atoms with Gasteiger partial charge in [-0.1, -0.05) is 6.42 Å². The van der Waals surface area contributed by atoms with Crippen molar-refractivity contribution >= 4 is 17.7 Å². The normalized spacial score (nSPS) is 30.2. The van der Waals surface area contributed by atoms with Crippen LogP contribution in [-0.2, 0) is 4.79 Å². The fourth-order valence-electron chi connectivity index (χ4n) is 4.17. The summed E-state index contributed by atoms with van der Waals surface area (Å²) in [5, 5.41) is 0. The van der Waals surface area contributed by atoms with Crippen molar-refractivity contribution in [2.75, 3.05) is 51.3 Å². The van der Waals surface area contributed by atoms with Crippen LogP contribution in [0.4, 0.5) is 0 Å². The molecule has 0 aromatic carbocycles. The Morgan fingerprint density at radius 1 is 0.909 bits per heavy atom. The first-order chi connectivity index (χ1) is 10.8. The zero-order valence-electron chi connectivity index (χ0n) is 14.0. The third kappa shape index (κ3) is 3.98. The first-order valence-electron chi connectivity index (χ1n) is 9.06. The average Bonchev–Trinajstić information content (AvgIpc) is 2.81. The van der Waals surface area contributed by atoms with Crippen LogP contribution in [0.3, 0.4) is 0 Å². The van der Waals surface area contributed by atoms with E-state index in [0.29, 0.717) is 5.91 Å². The first-order valence-corrected chi connectivity index (χ1v) is 10.2. The van der Waals surface area contributed by atoms with Gasteiger partial charge in [-0.05, 0) is 57.2 Å². The molecule has 126 valence electrons. The molecule has 0 spiro atoms. The van der Waals surface area contributed by atoms with Crippen molar-refractivity contribution < 1.29 is 4.79 Å². The summed E-state index contributed by atoms with van der Waals surface area (Å²) in [6, 6.07) is 0.917. The molecule has 22 heavy (non-hydrogen) atoms. The van der Waals surface area contributed by atoms with Crippen LogP contribution in [0.2, 0.25) is 0 Å². The molecule has 0 aliphatic carbocycles. The highest BCUT2D eigenvalue weighted by molar-refractivity contribution is 7.99. The number of hydrogen-bond donors (Lipinski definition) is 0. The van der Waals surface area contributed by atoms with Gasteiger partial charge in [0.25, 0.3) is 0 Å². The lowest BCUT2D eigenvalue weighted by atomic mass is 10.0. The Morgan fingerprint density at radius 3 is 2.50 bits per heavy atom. The molecule has 3 aliphatic rings. The lowest BCUT2D eigenvalue weighted by molar-refractivity contribution is -0.137. The lowest BCUT2D eigenvalue weighted by Crippen LogP contribution is -2.50. The van der Waals surface area contributed by atoms with Crippen molar-refractivity contribution in [3.8, 4) is 0 Å². The molecule has 1 unspecified atom stereocenters. The van der Waals surface area contributed by atoms with E-state index in [-0.39, 0.29) is 6.04 Å². The van der Waals surface area contributed by atoms with Gasteiger partial charge in [0.15, 0.2) is 0 Å². The maximum Gasteiger partial charge on any atom is 0.239 e. The Bertz CT molecular complexity index is 373. The number of carbonyl (C=O) groups is 1. The van der Waals surface area contributed by atoms with Gasteiger partial charge in [-0.15, -0.1) is 0 Å². The van der Waals surface area contributed by atoms with Crippen molar-refractivity contribution in [3.63, 3.8) is 0 Å². The number of rotatable bonds is 2. The second-order valence-corrected chi connectivity index (χ2v) is 8.28. The number of likely N-dealkylation sites (N-methyl/N-ethyl adjacent to an activating group) is 1. The maximum absolute atomic E-state index is 12.9. The highest BCUT2D eigenvalue weighted by Gasteiger charge is 2.31. The zero-order valence-corrected chi connectivity index (χ0v) is 14.8. The number of hydrogen-bond acceptors (Lipinski definition) is 4. The zero-order chi connectivity index (χ0) is 15.4. The van der Waals surface area contributed by atoms with Crippen LogP contribution in [0.1, 0.15) is 38.5 Å². The lowest BCUT2D eigenvalue weighted by Gasteiger charge is -2.35. The van der Waals surface area contributed by atoms with Gasteiger partial charge >= 0.3 is 0 Å². The monoisotopic (exact) mass is 325 g/mol. The summed E-state index contributed by atoms with van der Waals surface area (Å²) < 4.78 is 0. The van der Waals surface area contributed by atoms with E-state index in [1.165, 1.54) is 43.7 Å². The van der Waals surface area contributed by atoms with Crippen LogP contribution >= 0.6 is 11.8 Å². The minimum atomic E-state index is 0.145. The van der Waals surface area contributed by atoms with Gasteiger partial charge in [0.1, 0.15) is 0 Å². The topological polar surface area (TPSA) is 26.8 Å². The Kier molecular flexibility index (Phi) is 6.05. The molecule has 0 radical (unpaired) electrons. The molecule has 3 saturated heterocycles. The van der Waals surface area contributed by atoms with E-state index in [2.05, 4.69) is 33.5 Å². The number of thioether (sulfide) groups is 1. The summed E-state index contributed by atoms with van der Waals surface area (Å²) in [6.07, 6.45) is 7.32. The molecule has 3 fully saturated rings. The predicted molar refractivity (Wildman–Crippen MR) is 93.4 cm³/mol. The number of likely N-dealkylation sites (tertiary alicyclic amines) is 1. The minimum absolute atomic E-state index is 0.145. The quantitative estimate of drug-likeness (QED) is 0.775. The van der Waals surface area contributed by atoms with Crippen molar-refractivity contribution in [3.05, 3.63) is 0 Å². The Balaban J connectivity index is 1.54. The second-order valence-electron chi connectivity index (χ2n) is 7.05. The Morgan fingerprint density at radius 2 is 1.73 bits per heavy atom. The minimum Gasteiger partial charge on any atom is -0.340 e. The molecule has 0 N–H and O–H groups in total. The highest BCUT2D eigenvalue weighted by atomic mass is 32.2. The van der Waals surface area contributed by atoms with Gasteiger partial charge in [-0.2, -0.15) is 11.8 Å². The molecular weight excluding hydrogens is 294 g/mol. The van der Waals surface area contributed by atoms with Crippen molar-refractivity contribution in [1.82, 2.24) is 14.7 Å². The molecule has 3 rings (SSSR count). The predicted octanol–water partition coefficient (Wildman–Crippen LogP) is 1.90. The number of nitrogens with zero attached hydrogens (tertiary/aromatic N) is 3. The smallest absolute Gasteiger partial charge is 0.239 e. The summed E-state index contributed by atoms with van der Waals surface area (Å²) in [7, 11) is 2.12. The van der Waals surface area contributed by atoms with Gasteiger partial charge in [0.05, 0.1) is 6.04 Å². The van der Waals surface area contributed by atoms with Gasteiger partial charge in [-0.3, -0.25) is 14.6 Å². The number of amides is 1. The SMILES string of the molecule is CN1CCCCC1C(=O)N1CCCN(C2CCSCC2)CC1. The van der Waals surface area contributed by atoms with E-state index >= 15 is 0 Å². The highest BCUT2D eigenvalue weighted by Crippen LogP contribution is 2.23. The molecule has 1 amide bonds. The summed E-state index contributed by atoms with van der Waals surface area (Å²) in [5.41, 5.74) is 0. The van der Waals surface area contributed by atoms with Crippen molar-refractivity contribution in [2.24, 2.45) is 0 Å². The summed E-state index contributed by atoms with van der Waals surface area (Å²) in [6.45, 7) is 5.24. The molecular formula is C17H31N3OS. The molecule has 0 aromatic heterocycles. The number of carbonyl (C=O) groups excluding carboxylic acids is 1. The third-order valence-corrected chi connectivity index (χ3v) is 6.65. The fraction of sp³-hybridized carbons (Fsp3) is 0.941. The van der Waals surface area contributed by atoms with Crippen LogP contribution in [-0.4, -0.2) is 84.0 Å². The van der Waals surface area contributed by atoms with Crippen LogP contribution in [0.25, 0.3) is 0 Å². The van der Waals surface area contributed by atoms with Crippen LogP contribution in [0, 0.1) is 0 Å². The Labute approximate surface area is 139 Å². The second kappa shape index (κ2) is 8.02. The largest absolute Gasteiger partial charge is 0.340 e. The average molecular weight is 326 g/mol. The summed E-state index contributed by atoms with van der Waals surface area (Å²) in [4.78, 5) is 20.0. The molecule has 3 aliphatic heterocycles. The molecule has 5 heteroatoms. The fourth-order valence-corrected chi connectivity index (χ4v) is 5.25. The van der Waals surface area contributed by atoms with E-state index in [1.54, 1.807) is 0 Å². The summed E-state index contributed by atoms with van der Waals surface area (Å²) in [5.74, 6) is 3.02. The summed E-state index contributed by atoms with van der Waals surface area (Å²) >= 11 is 2.10. The molecule has 4 nitrogen and oxygen atoms in total. The Hall–Kier alpha value is -0.260. The van der Waals surface area contributed by atoms with Crippen molar-refractivity contribution in [1.29, 1.82) is 0 Å². The van der Waals surface area contributed by atoms with Crippen LogP contribution in [0.5, 0.6) is 0 Å². The molecule has 0 bridgehead atoms. The van der Waals surface area contributed by atoms with E-state index in [9.17, 15) is 4.79 Å².